The summed E-state index contributed by atoms with van der Waals surface area (Å²) in [6.45, 7) is 5.05. The van der Waals surface area contributed by atoms with Crippen LogP contribution in [0, 0.1) is 0 Å². The Balaban J connectivity index is 2.95. The number of allylic oxidation sites excluding steroid dienone is 1. The second-order valence-corrected chi connectivity index (χ2v) is 4.61. The van der Waals surface area contributed by atoms with Crippen molar-refractivity contribution in [3.05, 3.63) is 12.7 Å². The van der Waals surface area contributed by atoms with Crippen LogP contribution in [0.5, 0.6) is 0 Å². The first-order valence-electron chi connectivity index (χ1n) is 7.25. The first kappa shape index (κ1) is 18.1. The third-order valence-corrected chi connectivity index (χ3v) is 2.79. The molecule has 0 fully saturated rings. The number of hydrogen-bond acceptors (Lipinski definition) is 3. The van der Waals surface area contributed by atoms with E-state index in [9.17, 15) is 4.79 Å². The molecule has 0 rings (SSSR count). The lowest BCUT2D eigenvalue weighted by atomic mass is 10.1. The molecule has 0 amide bonds. The van der Waals surface area contributed by atoms with Crippen molar-refractivity contribution in [3.8, 4) is 0 Å². The molecule has 0 spiro atoms. The number of ether oxygens (including phenoxy) is 2. The van der Waals surface area contributed by atoms with E-state index >= 15 is 0 Å². The standard InChI is InChI=1S/C15H28O4/c1-2-3-4-5-6-7-8-9-10-11-18-12-13-19-14-15(16)17/h2H,1,3-14H2,(H,16,17). The Morgan fingerprint density at radius 2 is 1.47 bits per heavy atom. The summed E-state index contributed by atoms with van der Waals surface area (Å²) in [5.41, 5.74) is 0. The van der Waals surface area contributed by atoms with Crippen LogP contribution in [0.3, 0.4) is 0 Å². The number of aliphatic carboxylic acids is 1. The molecule has 0 aromatic carbocycles. The number of carbonyl (C=O) groups is 1. The molecule has 0 bridgehead atoms. The highest BCUT2D eigenvalue weighted by Crippen LogP contribution is 2.08. The van der Waals surface area contributed by atoms with E-state index in [2.05, 4.69) is 6.58 Å². The van der Waals surface area contributed by atoms with Gasteiger partial charge in [-0.3, -0.25) is 0 Å². The maximum absolute atomic E-state index is 10.1. The predicted octanol–water partition coefficient (Wildman–Crippen LogP) is 3.41. The molecular formula is C15H28O4. The normalized spacial score (nSPS) is 10.5. The van der Waals surface area contributed by atoms with Gasteiger partial charge in [0.25, 0.3) is 0 Å². The minimum absolute atomic E-state index is 0.241. The molecule has 0 saturated heterocycles. The fourth-order valence-corrected chi connectivity index (χ4v) is 1.76. The lowest BCUT2D eigenvalue weighted by molar-refractivity contribution is -0.142. The molecule has 0 atom stereocenters. The maximum atomic E-state index is 10.1. The molecule has 0 aliphatic carbocycles. The zero-order valence-corrected chi connectivity index (χ0v) is 11.9. The van der Waals surface area contributed by atoms with Crippen LogP contribution < -0.4 is 0 Å². The SMILES string of the molecule is C=CCCCCCCCCCOCCOCC(=O)O. The quantitative estimate of drug-likeness (QED) is 0.366. The number of hydrogen-bond donors (Lipinski definition) is 1. The number of rotatable bonds is 15. The van der Waals surface area contributed by atoms with Crippen LogP contribution in [0.1, 0.15) is 51.4 Å². The van der Waals surface area contributed by atoms with Crippen LogP contribution >= 0.6 is 0 Å². The first-order chi connectivity index (χ1) is 9.27. The molecule has 0 aliphatic rings. The summed E-state index contributed by atoms with van der Waals surface area (Å²) in [6, 6.07) is 0. The summed E-state index contributed by atoms with van der Waals surface area (Å²) in [6.07, 6.45) is 11.9. The molecule has 4 nitrogen and oxygen atoms in total. The van der Waals surface area contributed by atoms with Crippen LogP contribution in [0.15, 0.2) is 12.7 Å². The van der Waals surface area contributed by atoms with E-state index in [1.165, 1.54) is 38.5 Å². The average Bonchev–Trinajstić information content (AvgIpc) is 2.39. The van der Waals surface area contributed by atoms with Gasteiger partial charge in [0.15, 0.2) is 0 Å². The topological polar surface area (TPSA) is 55.8 Å². The lowest BCUT2D eigenvalue weighted by Gasteiger charge is -2.04. The van der Waals surface area contributed by atoms with Crippen LogP contribution in [-0.2, 0) is 14.3 Å². The monoisotopic (exact) mass is 272 g/mol. The molecule has 0 aromatic heterocycles. The lowest BCUT2D eigenvalue weighted by Crippen LogP contribution is -2.11. The Morgan fingerprint density at radius 3 is 2.11 bits per heavy atom. The van der Waals surface area contributed by atoms with Crippen molar-refractivity contribution in [2.24, 2.45) is 0 Å². The van der Waals surface area contributed by atoms with E-state index in [1.54, 1.807) is 0 Å². The van der Waals surface area contributed by atoms with Crippen molar-refractivity contribution in [2.45, 2.75) is 51.4 Å². The third-order valence-electron chi connectivity index (χ3n) is 2.79. The largest absolute Gasteiger partial charge is 0.480 e. The van der Waals surface area contributed by atoms with E-state index in [0.29, 0.717) is 13.2 Å². The molecule has 19 heavy (non-hydrogen) atoms. The summed E-state index contributed by atoms with van der Waals surface area (Å²) < 4.78 is 10.2. The summed E-state index contributed by atoms with van der Waals surface area (Å²) >= 11 is 0. The van der Waals surface area contributed by atoms with Gasteiger partial charge in [-0.05, 0) is 19.3 Å². The van der Waals surface area contributed by atoms with Gasteiger partial charge in [-0.25, -0.2) is 4.79 Å². The van der Waals surface area contributed by atoms with Crippen LogP contribution in [0.2, 0.25) is 0 Å². The highest BCUT2D eigenvalue weighted by atomic mass is 16.5. The molecule has 1 N–H and O–H groups in total. The van der Waals surface area contributed by atoms with Gasteiger partial charge in [-0.1, -0.05) is 38.2 Å². The van der Waals surface area contributed by atoms with Crippen molar-refractivity contribution < 1.29 is 19.4 Å². The highest BCUT2D eigenvalue weighted by molar-refractivity contribution is 5.67. The molecule has 0 radical (unpaired) electrons. The maximum Gasteiger partial charge on any atom is 0.329 e. The van der Waals surface area contributed by atoms with Crippen molar-refractivity contribution in [3.63, 3.8) is 0 Å². The van der Waals surface area contributed by atoms with Gasteiger partial charge in [-0.15, -0.1) is 6.58 Å². The molecular weight excluding hydrogens is 244 g/mol. The average molecular weight is 272 g/mol. The Morgan fingerprint density at radius 1 is 0.895 bits per heavy atom. The summed E-state index contributed by atoms with van der Waals surface area (Å²) in [7, 11) is 0. The smallest absolute Gasteiger partial charge is 0.329 e. The minimum atomic E-state index is -0.937. The number of unbranched alkanes of at least 4 members (excludes halogenated alkanes) is 7. The number of carboxylic acid groups (broad SMARTS) is 1. The van der Waals surface area contributed by atoms with E-state index in [-0.39, 0.29) is 6.61 Å². The minimum Gasteiger partial charge on any atom is -0.480 e. The van der Waals surface area contributed by atoms with Crippen molar-refractivity contribution >= 4 is 5.97 Å². The molecule has 4 heteroatoms. The van der Waals surface area contributed by atoms with Crippen LogP contribution in [0.4, 0.5) is 0 Å². The summed E-state index contributed by atoms with van der Waals surface area (Å²) in [5, 5.41) is 8.33. The Kier molecular flexibility index (Phi) is 14.5. The van der Waals surface area contributed by atoms with Gasteiger partial charge in [0.05, 0.1) is 13.2 Å². The van der Waals surface area contributed by atoms with Crippen LogP contribution in [-0.4, -0.2) is 37.5 Å². The van der Waals surface area contributed by atoms with Crippen molar-refractivity contribution in [1.29, 1.82) is 0 Å². The van der Waals surface area contributed by atoms with E-state index in [0.717, 1.165) is 19.4 Å². The molecule has 0 aliphatic heterocycles. The first-order valence-corrected chi connectivity index (χ1v) is 7.25. The fourth-order valence-electron chi connectivity index (χ4n) is 1.76. The zero-order chi connectivity index (χ0) is 14.2. The van der Waals surface area contributed by atoms with E-state index in [1.807, 2.05) is 6.08 Å². The van der Waals surface area contributed by atoms with Gasteiger partial charge in [0.1, 0.15) is 6.61 Å². The van der Waals surface area contributed by atoms with E-state index < -0.39 is 5.97 Å². The number of carboxylic acids is 1. The van der Waals surface area contributed by atoms with Gasteiger partial charge in [-0.2, -0.15) is 0 Å². The fraction of sp³-hybridized carbons (Fsp3) is 0.800. The van der Waals surface area contributed by atoms with Gasteiger partial charge >= 0.3 is 5.97 Å². The van der Waals surface area contributed by atoms with Crippen molar-refractivity contribution in [2.75, 3.05) is 26.4 Å². The summed E-state index contributed by atoms with van der Waals surface area (Å²) in [5.74, 6) is -0.937. The van der Waals surface area contributed by atoms with Crippen molar-refractivity contribution in [1.82, 2.24) is 0 Å². The summed E-state index contributed by atoms with van der Waals surface area (Å²) in [4.78, 5) is 10.1. The second kappa shape index (κ2) is 15.2. The molecule has 112 valence electrons. The Labute approximate surface area is 116 Å². The second-order valence-electron chi connectivity index (χ2n) is 4.61. The Bertz CT molecular complexity index is 216. The molecule has 0 aromatic rings. The molecule has 0 unspecified atom stereocenters. The predicted molar refractivity (Wildman–Crippen MR) is 76.4 cm³/mol. The highest BCUT2D eigenvalue weighted by Gasteiger charge is 1.96. The third kappa shape index (κ3) is 17.1. The Hall–Kier alpha value is -0.870. The zero-order valence-electron chi connectivity index (χ0n) is 11.9. The molecule has 0 saturated carbocycles. The molecule has 0 heterocycles. The van der Waals surface area contributed by atoms with E-state index in [4.69, 9.17) is 14.6 Å². The van der Waals surface area contributed by atoms with Gasteiger partial charge in [0.2, 0.25) is 0 Å². The van der Waals surface area contributed by atoms with Gasteiger partial charge in [0, 0.05) is 6.61 Å². The van der Waals surface area contributed by atoms with Crippen LogP contribution in [0.25, 0.3) is 0 Å². The van der Waals surface area contributed by atoms with Gasteiger partial charge < -0.3 is 14.6 Å².